The third-order valence-corrected chi connectivity index (χ3v) is 2.97. The zero-order valence-corrected chi connectivity index (χ0v) is 10.8. The van der Waals surface area contributed by atoms with Gasteiger partial charge in [0.2, 0.25) is 0 Å². The van der Waals surface area contributed by atoms with Gasteiger partial charge in [-0.05, 0) is 18.3 Å². The van der Waals surface area contributed by atoms with Crippen LogP contribution in [0.2, 0.25) is 0 Å². The highest BCUT2D eigenvalue weighted by molar-refractivity contribution is 6.07. The molecule has 0 heterocycles. The second-order valence-corrected chi connectivity index (χ2v) is 5.86. The highest BCUT2D eigenvalue weighted by Gasteiger charge is 2.24. The maximum atomic E-state index is 5.86. The Morgan fingerprint density at radius 2 is 1.80 bits per heavy atom. The Balaban J connectivity index is 2.31. The van der Waals surface area contributed by atoms with E-state index in [2.05, 4.69) is 20.8 Å². The fourth-order valence-electron chi connectivity index (χ4n) is 2.02. The molecule has 0 spiro atoms. The Hall–Kier alpha value is 0.210. The molecule has 2 nitrogen and oxygen atoms in total. The lowest BCUT2D eigenvalue weighted by Gasteiger charge is -2.29. The molecule has 0 saturated heterocycles. The summed E-state index contributed by atoms with van der Waals surface area (Å²) in [5.41, 5.74) is 0.189. The van der Waals surface area contributed by atoms with E-state index < -0.39 is 0 Å². The van der Waals surface area contributed by atoms with Crippen LogP contribution in [0.5, 0.6) is 0 Å². The fourth-order valence-corrected chi connectivity index (χ4v) is 2.12. The molecule has 90 valence electrons. The third-order valence-electron chi connectivity index (χ3n) is 2.77. The van der Waals surface area contributed by atoms with Gasteiger partial charge in [0.15, 0.2) is 6.29 Å². The van der Waals surface area contributed by atoms with Crippen LogP contribution in [0, 0.1) is 5.41 Å². The largest absolute Gasteiger partial charge is 0.348 e. The lowest BCUT2D eigenvalue weighted by atomic mass is 9.92. The van der Waals surface area contributed by atoms with Gasteiger partial charge in [-0.15, -0.1) is 0 Å². The lowest BCUT2D eigenvalue weighted by Crippen LogP contribution is -2.28. The Morgan fingerprint density at radius 3 is 2.27 bits per heavy atom. The topological polar surface area (TPSA) is 18.5 Å². The average molecular weight is 235 g/mol. The molecule has 1 saturated carbocycles. The SMILES string of the molecule is CC(C)(C)CC(OCl)OC1CCCCC1. The molecule has 0 amide bonds. The molecule has 0 aromatic heterocycles. The van der Waals surface area contributed by atoms with Crippen LogP contribution in [0.4, 0.5) is 0 Å². The van der Waals surface area contributed by atoms with E-state index in [4.69, 9.17) is 20.9 Å². The van der Waals surface area contributed by atoms with E-state index in [1.165, 1.54) is 19.3 Å². The minimum absolute atomic E-state index is 0.189. The van der Waals surface area contributed by atoms with E-state index in [9.17, 15) is 0 Å². The van der Waals surface area contributed by atoms with Gasteiger partial charge >= 0.3 is 0 Å². The average Bonchev–Trinajstić information content (AvgIpc) is 2.16. The second kappa shape index (κ2) is 6.07. The molecule has 1 atom stereocenters. The summed E-state index contributed by atoms with van der Waals surface area (Å²) in [7, 11) is 0. The summed E-state index contributed by atoms with van der Waals surface area (Å²) in [4.78, 5) is 0. The summed E-state index contributed by atoms with van der Waals surface area (Å²) in [5.74, 6) is 0. The zero-order chi connectivity index (χ0) is 11.3. The van der Waals surface area contributed by atoms with Crippen molar-refractivity contribution in [2.75, 3.05) is 0 Å². The molecule has 1 fully saturated rings. The maximum Gasteiger partial charge on any atom is 0.178 e. The molecule has 1 unspecified atom stereocenters. The van der Waals surface area contributed by atoms with Crippen molar-refractivity contribution in [3.63, 3.8) is 0 Å². The van der Waals surface area contributed by atoms with Crippen molar-refractivity contribution in [1.29, 1.82) is 0 Å². The van der Waals surface area contributed by atoms with Crippen LogP contribution in [0.3, 0.4) is 0 Å². The number of halogens is 1. The second-order valence-electron chi connectivity index (χ2n) is 5.68. The van der Waals surface area contributed by atoms with Crippen LogP contribution in [0.1, 0.15) is 59.3 Å². The maximum absolute atomic E-state index is 5.86. The van der Waals surface area contributed by atoms with Crippen molar-refractivity contribution >= 4 is 11.9 Å². The Labute approximate surface area is 98.5 Å². The fraction of sp³-hybridized carbons (Fsp3) is 1.00. The van der Waals surface area contributed by atoms with Gasteiger partial charge in [0, 0.05) is 6.42 Å². The Bertz CT molecular complexity index is 171. The number of ether oxygens (including phenoxy) is 1. The molecule has 1 rings (SSSR count). The minimum Gasteiger partial charge on any atom is -0.348 e. The van der Waals surface area contributed by atoms with E-state index in [0.717, 1.165) is 19.3 Å². The van der Waals surface area contributed by atoms with Crippen molar-refractivity contribution in [3.05, 3.63) is 0 Å². The number of rotatable bonds is 4. The standard InChI is InChI=1S/C12H23ClO2/c1-12(2,3)9-11(15-13)14-10-7-5-4-6-8-10/h10-11H,4-9H2,1-3H3. The quantitative estimate of drug-likeness (QED) is 0.677. The number of hydrogen-bond acceptors (Lipinski definition) is 2. The van der Waals surface area contributed by atoms with Crippen LogP contribution in [-0.2, 0) is 9.03 Å². The molecule has 0 bridgehead atoms. The van der Waals surface area contributed by atoms with Crippen LogP contribution in [0.25, 0.3) is 0 Å². The van der Waals surface area contributed by atoms with Crippen LogP contribution < -0.4 is 0 Å². The van der Waals surface area contributed by atoms with Gasteiger partial charge in [-0.3, -0.25) is 0 Å². The van der Waals surface area contributed by atoms with Crippen molar-refractivity contribution in [2.24, 2.45) is 5.41 Å². The monoisotopic (exact) mass is 234 g/mol. The molecule has 0 radical (unpaired) electrons. The molecular formula is C12H23ClO2. The van der Waals surface area contributed by atoms with Crippen LogP contribution in [0.15, 0.2) is 0 Å². The van der Waals surface area contributed by atoms with Crippen molar-refractivity contribution < 1.29 is 9.03 Å². The van der Waals surface area contributed by atoms with Gasteiger partial charge in [0.05, 0.1) is 18.0 Å². The van der Waals surface area contributed by atoms with Gasteiger partial charge in [-0.2, -0.15) is 0 Å². The summed E-state index contributed by atoms with van der Waals surface area (Å²) in [6, 6.07) is 0. The van der Waals surface area contributed by atoms with Crippen molar-refractivity contribution in [3.8, 4) is 0 Å². The summed E-state index contributed by atoms with van der Waals surface area (Å²) in [6.07, 6.45) is 7.13. The smallest absolute Gasteiger partial charge is 0.178 e. The summed E-state index contributed by atoms with van der Waals surface area (Å²) in [6.45, 7) is 6.50. The third kappa shape index (κ3) is 5.74. The summed E-state index contributed by atoms with van der Waals surface area (Å²) < 4.78 is 10.7. The van der Waals surface area contributed by atoms with Gasteiger partial charge in [0.1, 0.15) is 0 Å². The predicted octanol–water partition coefficient (Wildman–Crippen LogP) is 4.27. The molecule has 3 heteroatoms. The first-order valence-electron chi connectivity index (χ1n) is 5.94. The van der Waals surface area contributed by atoms with Crippen LogP contribution in [-0.4, -0.2) is 12.4 Å². The highest BCUT2D eigenvalue weighted by atomic mass is 35.5. The predicted molar refractivity (Wildman–Crippen MR) is 62.8 cm³/mol. The molecule has 15 heavy (non-hydrogen) atoms. The van der Waals surface area contributed by atoms with E-state index in [-0.39, 0.29) is 11.7 Å². The minimum atomic E-state index is -0.255. The normalized spacial score (nSPS) is 21.6. The van der Waals surface area contributed by atoms with Gasteiger partial charge in [0.25, 0.3) is 0 Å². The van der Waals surface area contributed by atoms with Gasteiger partial charge in [-0.25, -0.2) is 4.29 Å². The highest BCUT2D eigenvalue weighted by Crippen LogP contribution is 2.28. The molecule has 0 aromatic rings. The Kier molecular flexibility index (Phi) is 5.37. The number of hydrogen-bond donors (Lipinski definition) is 0. The first-order valence-corrected chi connectivity index (χ1v) is 6.25. The summed E-state index contributed by atoms with van der Waals surface area (Å²) >= 11 is 5.47. The lowest BCUT2D eigenvalue weighted by molar-refractivity contribution is -0.140. The first-order chi connectivity index (χ1) is 7.01. The van der Waals surface area contributed by atoms with Crippen LogP contribution >= 0.6 is 11.9 Å². The molecular weight excluding hydrogens is 212 g/mol. The molecule has 0 aliphatic heterocycles. The van der Waals surface area contributed by atoms with Crippen molar-refractivity contribution in [2.45, 2.75) is 71.7 Å². The molecule has 1 aliphatic carbocycles. The Morgan fingerprint density at radius 1 is 1.20 bits per heavy atom. The van der Waals surface area contributed by atoms with E-state index >= 15 is 0 Å². The van der Waals surface area contributed by atoms with Gasteiger partial charge in [-0.1, -0.05) is 40.0 Å². The van der Waals surface area contributed by atoms with Gasteiger partial charge < -0.3 is 4.74 Å². The van der Waals surface area contributed by atoms with E-state index in [1.54, 1.807) is 0 Å². The molecule has 1 aliphatic rings. The molecule has 0 N–H and O–H groups in total. The first kappa shape index (κ1) is 13.3. The summed E-state index contributed by atoms with van der Waals surface area (Å²) in [5, 5.41) is 0. The van der Waals surface area contributed by atoms with E-state index in [0.29, 0.717) is 6.10 Å². The zero-order valence-electron chi connectivity index (χ0n) is 10.1. The van der Waals surface area contributed by atoms with E-state index in [1.807, 2.05) is 0 Å². The molecule has 0 aromatic carbocycles. The van der Waals surface area contributed by atoms with Crippen molar-refractivity contribution in [1.82, 2.24) is 0 Å².